The lowest BCUT2D eigenvalue weighted by Crippen LogP contribution is -2.33. The van der Waals surface area contributed by atoms with Gasteiger partial charge in [-0.25, -0.2) is 14.5 Å². The third-order valence-corrected chi connectivity index (χ3v) is 6.45. The second-order valence-electron chi connectivity index (χ2n) is 9.46. The fourth-order valence-corrected chi connectivity index (χ4v) is 4.98. The van der Waals surface area contributed by atoms with Gasteiger partial charge in [0.25, 0.3) is 0 Å². The number of carbonyl (C=O) groups is 1. The van der Waals surface area contributed by atoms with Gasteiger partial charge in [-0.15, -0.1) is 5.10 Å². The van der Waals surface area contributed by atoms with Gasteiger partial charge >= 0.3 is 0 Å². The predicted molar refractivity (Wildman–Crippen MR) is 125 cm³/mol. The van der Waals surface area contributed by atoms with Crippen LogP contribution in [0, 0.1) is 5.41 Å². The molecule has 1 aliphatic heterocycles. The van der Waals surface area contributed by atoms with E-state index >= 15 is 0 Å². The second kappa shape index (κ2) is 7.48. The molecular weight excluding hydrogens is 430 g/mol. The van der Waals surface area contributed by atoms with Crippen LogP contribution < -0.4 is 9.47 Å². The molecule has 8 nitrogen and oxygen atoms in total. The number of nitrogens with zero attached hydrogens (tertiary/aromatic N) is 5. The molecule has 3 aromatic heterocycles. The van der Waals surface area contributed by atoms with Crippen LogP contribution in [-0.4, -0.2) is 37.5 Å². The molecule has 0 saturated carbocycles. The Morgan fingerprint density at radius 1 is 1.12 bits per heavy atom. The normalized spacial score (nSPS) is 18.9. The van der Waals surface area contributed by atoms with Crippen LogP contribution in [-0.2, 0) is 4.79 Å². The quantitative estimate of drug-likeness (QED) is 0.455. The molecule has 0 amide bonds. The lowest BCUT2D eigenvalue weighted by atomic mass is 9.70. The average molecular weight is 454 g/mol. The maximum absolute atomic E-state index is 13.6. The highest BCUT2D eigenvalue weighted by molar-refractivity contribution is 6.00. The van der Waals surface area contributed by atoms with Gasteiger partial charge in [0.05, 0.1) is 18.6 Å². The van der Waals surface area contributed by atoms with E-state index in [9.17, 15) is 4.79 Å². The Kier molecular flexibility index (Phi) is 4.52. The zero-order valence-electron chi connectivity index (χ0n) is 19.1. The fraction of sp³-hybridized carbons (Fsp3) is 0.269. The standard InChI is InChI=1S/C26H23N5O3/c1-26(2)12-17(32)21-19(13-26)34-25-22(20(21)16-6-4-5-7-18(16)33-3)24-29-23(30-31(24)14-28-25)15-8-10-27-11-9-15/h4-11,14,20H,12-13H2,1-3H3/t20-/m0/s1. The molecule has 0 fully saturated rings. The van der Waals surface area contributed by atoms with Crippen LogP contribution in [0.3, 0.4) is 0 Å². The number of pyridine rings is 1. The van der Waals surface area contributed by atoms with Crippen molar-refractivity contribution in [1.82, 2.24) is 24.6 Å². The van der Waals surface area contributed by atoms with Gasteiger partial charge in [-0.1, -0.05) is 32.0 Å². The third kappa shape index (κ3) is 3.17. The van der Waals surface area contributed by atoms with E-state index in [4.69, 9.17) is 14.5 Å². The van der Waals surface area contributed by atoms with E-state index in [-0.39, 0.29) is 11.2 Å². The maximum Gasteiger partial charge on any atom is 0.228 e. The van der Waals surface area contributed by atoms with E-state index in [0.717, 1.165) is 11.1 Å². The van der Waals surface area contributed by atoms with E-state index in [0.29, 0.717) is 52.8 Å². The first kappa shape index (κ1) is 20.5. The molecule has 4 heterocycles. The lowest BCUT2D eigenvalue weighted by Gasteiger charge is -2.37. The molecule has 4 aromatic rings. The summed E-state index contributed by atoms with van der Waals surface area (Å²) in [6.45, 7) is 4.17. The van der Waals surface area contributed by atoms with Crippen molar-refractivity contribution < 1.29 is 14.3 Å². The molecule has 1 atom stereocenters. The molecule has 0 N–H and O–H groups in total. The third-order valence-electron chi connectivity index (χ3n) is 6.45. The van der Waals surface area contributed by atoms with Gasteiger partial charge in [-0.05, 0) is 23.6 Å². The van der Waals surface area contributed by atoms with Crippen molar-refractivity contribution in [2.45, 2.75) is 32.6 Å². The van der Waals surface area contributed by atoms with Crippen molar-refractivity contribution in [3.63, 3.8) is 0 Å². The van der Waals surface area contributed by atoms with Crippen molar-refractivity contribution in [1.29, 1.82) is 0 Å². The molecule has 0 saturated heterocycles. The molecule has 2 aliphatic rings. The monoisotopic (exact) mass is 453 g/mol. The Balaban J connectivity index is 1.63. The smallest absolute Gasteiger partial charge is 0.228 e. The van der Waals surface area contributed by atoms with Crippen LogP contribution in [0.15, 0.2) is 66.5 Å². The van der Waals surface area contributed by atoms with Gasteiger partial charge < -0.3 is 9.47 Å². The zero-order valence-corrected chi connectivity index (χ0v) is 19.1. The van der Waals surface area contributed by atoms with E-state index in [1.54, 1.807) is 30.3 Å². The number of aromatic nitrogens is 5. The Hall–Kier alpha value is -4.07. The number of rotatable bonds is 3. The summed E-state index contributed by atoms with van der Waals surface area (Å²) in [6, 6.07) is 11.5. The highest BCUT2D eigenvalue weighted by Gasteiger charge is 2.44. The van der Waals surface area contributed by atoms with Crippen LogP contribution in [0.4, 0.5) is 0 Å². The van der Waals surface area contributed by atoms with Crippen LogP contribution in [0.25, 0.3) is 17.0 Å². The number of hydrogen-bond donors (Lipinski definition) is 0. The van der Waals surface area contributed by atoms with E-state index < -0.39 is 5.92 Å². The minimum atomic E-state index is -0.427. The number of ether oxygens (including phenoxy) is 2. The highest BCUT2D eigenvalue weighted by Crippen LogP contribution is 2.51. The first-order valence-corrected chi connectivity index (χ1v) is 11.2. The summed E-state index contributed by atoms with van der Waals surface area (Å²) in [5.74, 6) is 2.01. The topological polar surface area (TPSA) is 91.5 Å². The first-order valence-electron chi connectivity index (χ1n) is 11.2. The van der Waals surface area contributed by atoms with Gasteiger partial charge in [0.2, 0.25) is 5.88 Å². The van der Waals surface area contributed by atoms with Crippen LogP contribution >= 0.6 is 0 Å². The number of allylic oxidation sites excluding steroid dienone is 2. The zero-order chi connectivity index (χ0) is 23.4. The summed E-state index contributed by atoms with van der Waals surface area (Å²) in [7, 11) is 1.64. The number of Topliss-reactive ketones (excluding diaryl/α,β-unsaturated/α-hetero) is 1. The number of ketones is 1. The van der Waals surface area contributed by atoms with Crippen LogP contribution in [0.5, 0.6) is 11.6 Å². The lowest BCUT2D eigenvalue weighted by molar-refractivity contribution is -0.118. The highest BCUT2D eigenvalue weighted by atomic mass is 16.5. The molecule has 8 heteroatoms. The number of para-hydroxylation sites is 1. The largest absolute Gasteiger partial charge is 0.496 e. The Morgan fingerprint density at radius 2 is 1.91 bits per heavy atom. The Labute approximate surface area is 196 Å². The van der Waals surface area contributed by atoms with Crippen LogP contribution in [0.1, 0.15) is 43.7 Å². The van der Waals surface area contributed by atoms with Crippen molar-refractivity contribution in [2.24, 2.45) is 5.41 Å². The summed E-state index contributed by atoms with van der Waals surface area (Å²) >= 11 is 0. The summed E-state index contributed by atoms with van der Waals surface area (Å²) in [4.78, 5) is 27.1. The van der Waals surface area contributed by atoms with Gasteiger partial charge in [0.15, 0.2) is 17.3 Å². The van der Waals surface area contributed by atoms with Crippen molar-refractivity contribution in [3.8, 4) is 23.0 Å². The maximum atomic E-state index is 13.6. The summed E-state index contributed by atoms with van der Waals surface area (Å²) in [5, 5.41) is 4.64. The number of methoxy groups -OCH3 is 1. The van der Waals surface area contributed by atoms with Gasteiger partial charge in [0, 0.05) is 41.9 Å². The molecule has 34 heavy (non-hydrogen) atoms. The minimum absolute atomic E-state index is 0.0729. The number of carbonyl (C=O) groups excluding carboxylic acids is 1. The molecule has 1 aromatic carbocycles. The summed E-state index contributed by atoms with van der Waals surface area (Å²) < 4.78 is 13.7. The van der Waals surface area contributed by atoms with Gasteiger partial charge in [-0.2, -0.15) is 0 Å². The summed E-state index contributed by atoms with van der Waals surface area (Å²) in [5.41, 5.74) is 3.49. The molecule has 170 valence electrons. The number of benzene rings is 1. The average Bonchev–Trinajstić information content (AvgIpc) is 3.27. The van der Waals surface area contributed by atoms with Gasteiger partial charge in [0.1, 0.15) is 17.8 Å². The second-order valence-corrected chi connectivity index (χ2v) is 9.46. The van der Waals surface area contributed by atoms with E-state index in [1.807, 2.05) is 36.4 Å². The first-order chi connectivity index (χ1) is 16.4. The molecule has 0 spiro atoms. The van der Waals surface area contributed by atoms with Gasteiger partial charge in [-0.3, -0.25) is 9.78 Å². The molecule has 6 rings (SSSR count). The van der Waals surface area contributed by atoms with Crippen molar-refractivity contribution >= 4 is 11.4 Å². The number of hydrogen-bond acceptors (Lipinski definition) is 7. The van der Waals surface area contributed by atoms with E-state index in [2.05, 4.69) is 28.9 Å². The van der Waals surface area contributed by atoms with E-state index in [1.165, 1.54) is 0 Å². The SMILES string of the molecule is COc1ccccc1[C@H]1C2=C(CC(C)(C)CC2=O)Oc2ncn3nc(-c4ccncc4)nc3c21. The van der Waals surface area contributed by atoms with Crippen LogP contribution in [0.2, 0.25) is 0 Å². The van der Waals surface area contributed by atoms with Crippen molar-refractivity contribution in [2.75, 3.05) is 7.11 Å². The molecule has 0 bridgehead atoms. The molecule has 1 aliphatic carbocycles. The molecule has 0 radical (unpaired) electrons. The molecule has 0 unspecified atom stereocenters. The molecular formula is C26H23N5O3. The minimum Gasteiger partial charge on any atom is -0.496 e. The van der Waals surface area contributed by atoms with Crippen molar-refractivity contribution in [3.05, 3.63) is 77.6 Å². The predicted octanol–water partition coefficient (Wildman–Crippen LogP) is 4.36. The Morgan fingerprint density at radius 3 is 2.71 bits per heavy atom. The summed E-state index contributed by atoms with van der Waals surface area (Å²) in [6.07, 6.45) is 6.11. The number of fused-ring (bicyclic) bond motifs is 3. The Bertz CT molecular complexity index is 1470. The fourth-order valence-electron chi connectivity index (χ4n) is 4.98.